The molecule has 1 unspecified atom stereocenters. The number of sulfonamides is 1. The van der Waals surface area contributed by atoms with Crippen molar-refractivity contribution < 1.29 is 18.0 Å². The first kappa shape index (κ1) is 19.5. The third-order valence-electron chi connectivity index (χ3n) is 3.57. The number of amides is 2. The summed E-state index contributed by atoms with van der Waals surface area (Å²) < 4.78 is 25.4. The molecule has 2 N–H and O–H groups in total. The lowest BCUT2D eigenvalue weighted by Crippen LogP contribution is -2.45. The lowest BCUT2D eigenvalue weighted by molar-refractivity contribution is -0.117. The second-order valence-corrected chi connectivity index (χ2v) is 7.68. The first-order valence-corrected chi connectivity index (χ1v) is 9.76. The number of rotatable bonds is 6. The van der Waals surface area contributed by atoms with Gasteiger partial charge in [0.2, 0.25) is 21.8 Å². The molecule has 2 amide bonds. The SMILES string of the molecule is CC(=O)Nc1ccc(NC(=O)C(C)N(c2ccccc2)S(C)(=O)=O)cc1. The van der Waals surface area contributed by atoms with Crippen LogP contribution in [0.15, 0.2) is 54.6 Å². The minimum Gasteiger partial charge on any atom is -0.326 e. The van der Waals surface area contributed by atoms with Crippen LogP contribution in [0.3, 0.4) is 0 Å². The highest BCUT2D eigenvalue weighted by molar-refractivity contribution is 7.92. The molecule has 0 aromatic heterocycles. The molecule has 0 heterocycles. The molecule has 1 atom stereocenters. The van der Waals surface area contributed by atoms with E-state index in [0.29, 0.717) is 17.1 Å². The monoisotopic (exact) mass is 375 g/mol. The van der Waals surface area contributed by atoms with E-state index in [4.69, 9.17) is 0 Å². The normalized spacial score (nSPS) is 12.1. The zero-order valence-corrected chi connectivity index (χ0v) is 15.6. The summed E-state index contributed by atoms with van der Waals surface area (Å²) in [5.41, 5.74) is 1.52. The number of nitrogens with zero attached hydrogens (tertiary/aromatic N) is 1. The van der Waals surface area contributed by atoms with Gasteiger partial charge in [0.25, 0.3) is 0 Å². The van der Waals surface area contributed by atoms with Crippen LogP contribution >= 0.6 is 0 Å². The van der Waals surface area contributed by atoms with Gasteiger partial charge in [-0.2, -0.15) is 0 Å². The minimum absolute atomic E-state index is 0.193. The Bertz CT molecular complexity index is 880. The van der Waals surface area contributed by atoms with Crippen LogP contribution < -0.4 is 14.9 Å². The standard InChI is InChI=1S/C18H21N3O4S/c1-13(21(26(3,24)25)17-7-5-4-6-8-17)18(23)20-16-11-9-15(10-12-16)19-14(2)22/h4-13H,1-3H3,(H,19,22)(H,20,23). The predicted molar refractivity (Wildman–Crippen MR) is 103 cm³/mol. The van der Waals surface area contributed by atoms with Gasteiger partial charge in [0.15, 0.2) is 0 Å². The van der Waals surface area contributed by atoms with Crippen molar-refractivity contribution >= 4 is 38.9 Å². The highest BCUT2D eigenvalue weighted by Gasteiger charge is 2.29. The molecule has 2 aromatic carbocycles. The number of hydrogen-bond donors (Lipinski definition) is 2. The maximum absolute atomic E-state index is 12.5. The predicted octanol–water partition coefficient (Wildman–Crippen LogP) is 2.44. The molecule has 138 valence electrons. The van der Waals surface area contributed by atoms with Crippen LogP contribution in [-0.2, 0) is 19.6 Å². The molecule has 2 rings (SSSR count). The van der Waals surface area contributed by atoms with Crippen molar-refractivity contribution in [2.24, 2.45) is 0 Å². The number of hydrogen-bond acceptors (Lipinski definition) is 4. The molecule has 26 heavy (non-hydrogen) atoms. The van der Waals surface area contributed by atoms with Gasteiger partial charge in [-0.1, -0.05) is 18.2 Å². The van der Waals surface area contributed by atoms with Gasteiger partial charge >= 0.3 is 0 Å². The number of nitrogens with one attached hydrogen (secondary N) is 2. The fraction of sp³-hybridized carbons (Fsp3) is 0.222. The highest BCUT2D eigenvalue weighted by Crippen LogP contribution is 2.21. The molecular weight excluding hydrogens is 354 g/mol. The molecule has 2 aromatic rings. The van der Waals surface area contributed by atoms with Crippen LogP contribution in [0.4, 0.5) is 17.1 Å². The summed E-state index contributed by atoms with van der Waals surface area (Å²) in [5, 5.41) is 5.32. The van der Waals surface area contributed by atoms with Crippen LogP contribution in [0.5, 0.6) is 0 Å². The summed E-state index contributed by atoms with van der Waals surface area (Å²) in [4.78, 5) is 23.6. The van der Waals surface area contributed by atoms with E-state index in [1.165, 1.54) is 13.8 Å². The average Bonchev–Trinajstić information content (AvgIpc) is 2.56. The quantitative estimate of drug-likeness (QED) is 0.811. The summed E-state index contributed by atoms with van der Waals surface area (Å²) in [6.07, 6.45) is 1.06. The molecule has 0 saturated carbocycles. The average molecular weight is 375 g/mol. The Kier molecular flexibility index (Phi) is 5.99. The Balaban J connectivity index is 2.17. The van der Waals surface area contributed by atoms with Crippen molar-refractivity contribution in [3.05, 3.63) is 54.6 Å². The van der Waals surface area contributed by atoms with Gasteiger partial charge in [-0.25, -0.2) is 8.42 Å². The third kappa shape index (κ3) is 5.06. The first-order valence-electron chi connectivity index (χ1n) is 7.91. The van der Waals surface area contributed by atoms with E-state index in [-0.39, 0.29) is 5.91 Å². The summed E-state index contributed by atoms with van der Waals surface area (Å²) in [6, 6.07) is 14.1. The van der Waals surface area contributed by atoms with Gasteiger partial charge in [0.05, 0.1) is 11.9 Å². The molecule has 0 aliphatic heterocycles. The van der Waals surface area contributed by atoms with E-state index in [9.17, 15) is 18.0 Å². The van der Waals surface area contributed by atoms with Crippen molar-refractivity contribution in [1.29, 1.82) is 0 Å². The lowest BCUT2D eigenvalue weighted by Gasteiger charge is -2.28. The molecule has 0 bridgehead atoms. The number of anilines is 3. The van der Waals surface area contributed by atoms with Gasteiger partial charge in [0, 0.05) is 18.3 Å². The topological polar surface area (TPSA) is 95.6 Å². The van der Waals surface area contributed by atoms with E-state index >= 15 is 0 Å². The Morgan fingerprint density at radius 1 is 0.923 bits per heavy atom. The Morgan fingerprint density at radius 2 is 1.42 bits per heavy atom. The van der Waals surface area contributed by atoms with Crippen LogP contribution in [0.2, 0.25) is 0 Å². The molecular formula is C18H21N3O4S. The number of para-hydroxylation sites is 1. The van der Waals surface area contributed by atoms with E-state index in [2.05, 4.69) is 10.6 Å². The maximum atomic E-state index is 12.5. The zero-order valence-electron chi connectivity index (χ0n) is 14.8. The Morgan fingerprint density at radius 3 is 1.88 bits per heavy atom. The van der Waals surface area contributed by atoms with Gasteiger partial charge in [0.1, 0.15) is 6.04 Å². The van der Waals surface area contributed by atoms with E-state index < -0.39 is 22.0 Å². The lowest BCUT2D eigenvalue weighted by atomic mass is 10.2. The summed E-state index contributed by atoms with van der Waals surface area (Å²) in [5.74, 6) is -0.659. The van der Waals surface area contributed by atoms with Crippen LogP contribution in [0.1, 0.15) is 13.8 Å². The number of carbonyl (C=O) groups is 2. The molecule has 0 saturated heterocycles. The minimum atomic E-state index is -3.65. The molecule has 0 aliphatic rings. The van der Waals surface area contributed by atoms with E-state index in [1.54, 1.807) is 54.6 Å². The zero-order chi connectivity index (χ0) is 19.3. The van der Waals surface area contributed by atoms with Crippen molar-refractivity contribution in [3.8, 4) is 0 Å². The highest BCUT2D eigenvalue weighted by atomic mass is 32.2. The Labute approximate surface area is 153 Å². The molecule has 0 aliphatic carbocycles. The smallest absolute Gasteiger partial charge is 0.247 e. The van der Waals surface area contributed by atoms with Gasteiger partial charge in [-0.15, -0.1) is 0 Å². The molecule has 7 nitrogen and oxygen atoms in total. The van der Waals surface area contributed by atoms with Crippen molar-refractivity contribution in [1.82, 2.24) is 0 Å². The van der Waals surface area contributed by atoms with Gasteiger partial charge in [-0.05, 0) is 43.3 Å². The van der Waals surface area contributed by atoms with Crippen molar-refractivity contribution in [3.63, 3.8) is 0 Å². The van der Waals surface area contributed by atoms with Crippen LogP contribution in [0.25, 0.3) is 0 Å². The first-order chi connectivity index (χ1) is 12.2. The molecule has 0 radical (unpaired) electrons. The van der Waals surface area contributed by atoms with Crippen LogP contribution in [-0.4, -0.2) is 32.5 Å². The molecule has 0 fully saturated rings. The van der Waals surface area contributed by atoms with Gasteiger partial charge in [-0.3, -0.25) is 13.9 Å². The summed E-state index contributed by atoms with van der Waals surface area (Å²) in [7, 11) is -3.65. The second kappa shape index (κ2) is 8.01. The summed E-state index contributed by atoms with van der Waals surface area (Å²) >= 11 is 0. The molecule has 0 spiro atoms. The second-order valence-electron chi connectivity index (χ2n) is 5.82. The third-order valence-corrected chi connectivity index (χ3v) is 4.81. The van der Waals surface area contributed by atoms with Gasteiger partial charge < -0.3 is 10.6 Å². The van der Waals surface area contributed by atoms with Crippen molar-refractivity contribution in [2.45, 2.75) is 19.9 Å². The maximum Gasteiger partial charge on any atom is 0.247 e. The largest absolute Gasteiger partial charge is 0.326 e. The molecule has 8 heteroatoms. The Hall–Kier alpha value is -2.87. The van der Waals surface area contributed by atoms with E-state index in [1.807, 2.05) is 0 Å². The number of benzene rings is 2. The summed E-state index contributed by atoms with van der Waals surface area (Å²) in [6.45, 7) is 2.93. The fourth-order valence-corrected chi connectivity index (χ4v) is 3.65. The van der Waals surface area contributed by atoms with E-state index in [0.717, 1.165) is 10.6 Å². The fourth-order valence-electron chi connectivity index (χ4n) is 2.47. The van der Waals surface area contributed by atoms with Crippen LogP contribution in [0, 0.1) is 0 Å². The van der Waals surface area contributed by atoms with Crippen molar-refractivity contribution in [2.75, 3.05) is 21.2 Å². The number of carbonyl (C=O) groups excluding carboxylic acids is 2.